The van der Waals surface area contributed by atoms with Gasteiger partial charge in [-0.1, -0.05) is 30.3 Å². The molecule has 2 aromatic heterocycles. The summed E-state index contributed by atoms with van der Waals surface area (Å²) in [4.78, 5) is 49.6. The van der Waals surface area contributed by atoms with Gasteiger partial charge in [-0.15, -0.1) is 0 Å². The normalized spacial score (nSPS) is 10.4. The van der Waals surface area contributed by atoms with Crippen LogP contribution in [0.1, 0.15) is 37.4 Å². The van der Waals surface area contributed by atoms with Gasteiger partial charge < -0.3 is 27.8 Å². The molecule has 4 aromatic carbocycles. The summed E-state index contributed by atoms with van der Waals surface area (Å²) in [5.41, 5.74) is 0.112. The second-order valence-corrected chi connectivity index (χ2v) is 10.1. The van der Waals surface area contributed by atoms with E-state index < -0.39 is 17.0 Å². The molecule has 0 radical (unpaired) electrons. The number of fused-ring (bicyclic) bond motifs is 2. The van der Waals surface area contributed by atoms with Crippen molar-refractivity contribution in [2.45, 2.75) is 0 Å². The van der Waals surface area contributed by atoms with E-state index in [1.165, 1.54) is 64.8 Å². The lowest BCUT2D eigenvalue weighted by atomic mass is 10.0. The van der Waals surface area contributed by atoms with E-state index in [4.69, 9.17) is 33.0 Å². The zero-order chi connectivity index (χ0) is 34.4. The van der Waals surface area contributed by atoms with E-state index in [9.17, 15) is 19.2 Å². The molecule has 0 saturated carbocycles. The van der Waals surface area contributed by atoms with Gasteiger partial charge in [-0.05, 0) is 36.4 Å². The monoisotopic (exact) mass is 645 g/mol. The highest BCUT2D eigenvalue weighted by atomic mass is 16.5. The predicted octanol–water partition coefficient (Wildman–Crippen LogP) is 5.95. The van der Waals surface area contributed by atoms with Crippen LogP contribution in [0.15, 0.2) is 109 Å². The van der Waals surface area contributed by atoms with Crippen LogP contribution in [-0.2, 0) is 0 Å². The third kappa shape index (κ3) is 6.63. The maximum atomic E-state index is 12.6. The number of ether oxygens (including phenoxy) is 4. The topological polar surface area (TPSA) is 155 Å². The van der Waals surface area contributed by atoms with Crippen LogP contribution in [0.2, 0.25) is 0 Å². The van der Waals surface area contributed by atoms with Gasteiger partial charge in [0.2, 0.25) is 0 Å². The molecule has 240 valence electrons. The Balaban J connectivity index is 0.000000188. The Morgan fingerprint density at radius 2 is 1.02 bits per heavy atom. The molecule has 0 amide bonds. The molecule has 11 nitrogen and oxygen atoms in total. The highest BCUT2D eigenvalue weighted by molar-refractivity contribution is 6.11. The molecule has 0 saturated heterocycles. The lowest BCUT2D eigenvalue weighted by Gasteiger charge is -2.09. The molecular weight excluding hydrogens is 618 g/mol. The summed E-state index contributed by atoms with van der Waals surface area (Å²) in [6.07, 6.45) is 0. The summed E-state index contributed by atoms with van der Waals surface area (Å²) < 4.78 is 31.4. The Labute approximate surface area is 273 Å². The Morgan fingerprint density at radius 3 is 1.42 bits per heavy atom. The van der Waals surface area contributed by atoms with E-state index in [-0.39, 0.29) is 28.1 Å². The first-order chi connectivity index (χ1) is 23.2. The van der Waals surface area contributed by atoms with E-state index in [0.717, 1.165) is 0 Å². The standard InChI is InChI=1S/C19H13NO5.C18H14O5/c1-23-13-7-16(24-2)14-9-15(19(22)25-17(14)8-13)18(21)12-5-3-11(10-20)4-6-12;1-21-12-8-15(22-2)13-10-14(18(20)23-16(13)9-12)17(19)11-6-4-3-5-7-11/h3-9H,1-2H3;3-10H,1-2H3. The zero-order valence-electron chi connectivity index (χ0n) is 26.2. The maximum absolute atomic E-state index is 12.6. The van der Waals surface area contributed by atoms with E-state index >= 15 is 0 Å². The number of nitriles is 1. The van der Waals surface area contributed by atoms with E-state index in [2.05, 4.69) is 0 Å². The number of rotatable bonds is 8. The molecule has 0 atom stereocenters. The van der Waals surface area contributed by atoms with Crippen LogP contribution < -0.4 is 30.2 Å². The number of carbonyl (C=O) groups excluding carboxylic acids is 2. The van der Waals surface area contributed by atoms with Gasteiger partial charge in [0.15, 0.2) is 11.6 Å². The lowest BCUT2D eigenvalue weighted by molar-refractivity contribution is 0.102. The number of hydrogen-bond acceptors (Lipinski definition) is 11. The maximum Gasteiger partial charge on any atom is 0.347 e. The highest BCUT2D eigenvalue weighted by Crippen LogP contribution is 2.32. The minimum absolute atomic E-state index is 0.0350. The van der Waals surface area contributed by atoms with Gasteiger partial charge in [-0.3, -0.25) is 9.59 Å². The number of nitrogens with zero attached hydrogens (tertiary/aromatic N) is 1. The predicted molar refractivity (Wildman–Crippen MR) is 176 cm³/mol. The lowest BCUT2D eigenvalue weighted by Crippen LogP contribution is -2.15. The molecule has 0 spiro atoms. The molecule has 0 aliphatic carbocycles. The molecule has 48 heavy (non-hydrogen) atoms. The number of methoxy groups -OCH3 is 4. The fraction of sp³-hybridized carbons (Fsp3) is 0.108. The van der Waals surface area contributed by atoms with Crippen molar-refractivity contribution in [1.29, 1.82) is 5.26 Å². The Hall–Kier alpha value is -6.67. The minimum Gasteiger partial charge on any atom is -0.496 e. The van der Waals surface area contributed by atoms with E-state index in [0.29, 0.717) is 50.5 Å². The summed E-state index contributed by atoms with van der Waals surface area (Å²) in [6.45, 7) is 0. The number of ketones is 2. The Kier molecular flexibility index (Phi) is 9.66. The van der Waals surface area contributed by atoms with E-state index in [1.807, 2.05) is 6.07 Å². The second kappa shape index (κ2) is 14.2. The number of benzene rings is 4. The molecule has 0 aliphatic rings. The first-order valence-electron chi connectivity index (χ1n) is 14.3. The van der Waals surface area contributed by atoms with Crippen LogP contribution in [0.5, 0.6) is 23.0 Å². The van der Waals surface area contributed by atoms with Crippen molar-refractivity contribution in [1.82, 2.24) is 0 Å². The summed E-state index contributed by atoms with van der Waals surface area (Å²) in [5, 5.41) is 9.84. The van der Waals surface area contributed by atoms with Crippen molar-refractivity contribution in [3.05, 3.63) is 140 Å². The zero-order valence-corrected chi connectivity index (χ0v) is 26.2. The van der Waals surface area contributed by atoms with Crippen molar-refractivity contribution in [2.75, 3.05) is 28.4 Å². The smallest absolute Gasteiger partial charge is 0.347 e. The molecule has 6 aromatic rings. The molecule has 0 unspecified atom stereocenters. The molecule has 0 bridgehead atoms. The quantitative estimate of drug-likeness (QED) is 0.142. The van der Waals surface area contributed by atoms with Crippen molar-refractivity contribution in [2.24, 2.45) is 0 Å². The van der Waals surface area contributed by atoms with Crippen LogP contribution >= 0.6 is 0 Å². The summed E-state index contributed by atoms with van der Waals surface area (Å²) >= 11 is 0. The fourth-order valence-corrected chi connectivity index (χ4v) is 4.81. The van der Waals surface area contributed by atoms with Gasteiger partial charge in [-0.2, -0.15) is 5.26 Å². The largest absolute Gasteiger partial charge is 0.496 e. The summed E-state index contributed by atoms with van der Waals surface area (Å²) in [5.74, 6) is 0.979. The summed E-state index contributed by atoms with van der Waals surface area (Å²) in [6, 6.07) is 25.9. The highest BCUT2D eigenvalue weighted by Gasteiger charge is 2.19. The van der Waals surface area contributed by atoms with Crippen molar-refractivity contribution in [3.8, 4) is 29.1 Å². The average Bonchev–Trinajstić information content (AvgIpc) is 3.13. The van der Waals surface area contributed by atoms with E-state index in [1.54, 1.807) is 54.6 Å². The van der Waals surface area contributed by atoms with Gasteiger partial charge >= 0.3 is 11.3 Å². The molecule has 0 fully saturated rings. The number of carbonyl (C=O) groups is 2. The molecule has 2 heterocycles. The van der Waals surface area contributed by atoms with Crippen molar-refractivity contribution >= 4 is 33.5 Å². The van der Waals surface area contributed by atoms with Crippen LogP contribution in [-0.4, -0.2) is 40.0 Å². The van der Waals surface area contributed by atoms with Gasteiger partial charge in [0.1, 0.15) is 45.3 Å². The van der Waals surface area contributed by atoms with Gasteiger partial charge in [0.05, 0.1) is 50.8 Å². The average molecular weight is 646 g/mol. The molecular formula is C37H27NO10. The molecule has 6 rings (SSSR count). The van der Waals surface area contributed by atoms with Crippen molar-refractivity contribution < 1.29 is 37.4 Å². The summed E-state index contributed by atoms with van der Waals surface area (Å²) in [7, 11) is 5.97. The molecule has 0 N–H and O–H groups in total. The van der Waals surface area contributed by atoms with Crippen LogP contribution in [0.25, 0.3) is 21.9 Å². The SMILES string of the molecule is COc1cc(OC)c2cc(C(=O)c3ccc(C#N)cc3)c(=O)oc2c1.COc1cc(OC)c2cc(C(=O)c3ccccc3)c(=O)oc2c1. The Morgan fingerprint density at radius 1 is 0.583 bits per heavy atom. The minimum atomic E-state index is -0.753. The number of hydrogen-bond donors (Lipinski definition) is 0. The molecule has 0 aliphatic heterocycles. The van der Waals surface area contributed by atoms with Gasteiger partial charge in [0.25, 0.3) is 0 Å². The van der Waals surface area contributed by atoms with Crippen LogP contribution in [0.4, 0.5) is 0 Å². The van der Waals surface area contributed by atoms with Crippen LogP contribution in [0, 0.1) is 11.3 Å². The van der Waals surface area contributed by atoms with Crippen LogP contribution in [0.3, 0.4) is 0 Å². The third-order valence-electron chi connectivity index (χ3n) is 7.29. The Bertz CT molecular complexity index is 2320. The first-order valence-corrected chi connectivity index (χ1v) is 14.3. The third-order valence-corrected chi connectivity index (χ3v) is 7.29. The van der Waals surface area contributed by atoms with Gasteiger partial charge in [0, 0.05) is 35.4 Å². The molecule has 11 heteroatoms. The second-order valence-electron chi connectivity index (χ2n) is 10.1. The fourth-order valence-electron chi connectivity index (χ4n) is 4.81. The first kappa shape index (κ1) is 32.7. The van der Waals surface area contributed by atoms with Gasteiger partial charge in [-0.25, -0.2) is 9.59 Å². The van der Waals surface area contributed by atoms with Crippen molar-refractivity contribution in [3.63, 3.8) is 0 Å².